The lowest BCUT2D eigenvalue weighted by Crippen LogP contribution is -2.34. The highest BCUT2D eigenvalue weighted by Crippen LogP contribution is 2.36. The second kappa shape index (κ2) is 3.34. The van der Waals surface area contributed by atoms with Gasteiger partial charge in [-0.15, -0.1) is 0 Å². The first-order valence-electron chi connectivity index (χ1n) is 4.42. The summed E-state index contributed by atoms with van der Waals surface area (Å²) in [6, 6.07) is 4.08. The van der Waals surface area contributed by atoms with Gasteiger partial charge in [0.15, 0.2) is 0 Å². The summed E-state index contributed by atoms with van der Waals surface area (Å²) in [6.07, 6.45) is 0. The van der Waals surface area contributed by atoms with Gasteiger partial charge in [0.2, 0.25) is 0 Å². The normalized spacial score (nSPS) is 14.1. The Balaban J connectivity index is 2.56. The smallest absolute Gasteiger partial charge is 0.323 e. The molecule has 2 rings (SSSR count). The molecule has 82 valence electrons. The first kappa shape index (κ1) is 10.2. The number of nitrogens with zero attached hydrogens (tertiary/aromatic N) is 1. The third-order valence-corrected chi connectivity index (χ3v) is 2.26. The molecule has 0 radical (unpaired) electrons. The molecule has 0 saturated carbocycles. The number of Topliss-reactive ketones (excluding diaryl/α,β-unsaturated/α-hetero) is 1. The predicted octanol–water partition coefficient (Wildman–Crippen LogP) is 0.00610. The fourth-order valence-corrected chi connectivity index (χ4v) is 1.62. The van der Waals surface area contributed by atoms with Crippen LogP contribution in [0.3, 0.4) is 0 Å². The van der Waals surface area contributed by atoms with E-state index in [2.05, 4.69) is 0 Å². The molecule has 0 unspecified atom stereocenters. The van der Waals surface area contributed by atoms with Gasteiger partial charge in [-0.2, -0.15) is 0 Å². The first-order valence-corrected chi connectivity index (χ1v) is 4.42. The molecular formula is C10H7NO5. The van der Waals surface area contributed by atoms with Gasteiger partial charge < -0.3 is 10.2 Å². The molecule has 1 aliphatic heterocycles. The maximum Gasteiger partial charge on any atom is 0.323 e. The summed E-state index contributed by atoms with van der Waals surface area (Å²) >= 11 is 0. The zero-order chi connectivity index (χ0) is 11.9. The van der Waals surface area contributed by atoms with Gasteiger partial charge >= 0.3 is 5.97 Å². The number of benzene rings is 1. The molecule has 0 aromatic heterocycles. The van der Waals surface area contributed by atoms with Crippen LogP contribution in [0, 0.1) is 0 Å². The van der Waals surface area contributed by atoms with E-state index >= 15 is 0 Å². The molecule has 0 saturated heterocycles. The van der Waals surface area contributed by atoms with Crippen molar-refractivity contribution in [2.45, 2.75) is 0 Å². The Hall–Kier alpha value is -2.37. The minimum atomic E-state index is -1.25. The third kappa shape index (κ3) is 1.31. The summed E-state index contributed by atoms with van der Waals surface area (Å²) in [5.74, 6) is -3.26. The van der Waals surface area contributed by atoms with E-state index in [9.17, 15) is 19.5 Å². The fourth-order valence-electron chi connectivity index (χ4n) is 1.62. The molecule has 1 aromatic rings. The molecule has 1 amide bonds. The minimum Gasteiger partial charge on any atom is -0.506 e. The number of phenolic OH excluding ortho intramolecular Hbond substituents is 1. The number of carbonyl (C=O) groups excluding carboxylic acids is 2. The summed E-state index contributed by atoms with van der Waals surface area (Å²) in [6.45, 7) is -0.644. The van der Waals surface area contributed by atoms with Crippen molar-refractivity contribution in [1.82, 2.24) is 0 Å². The van der Waals surface area contributed by atoms with Crippen LogP contribution in [0.2, 0.25) is 0 Å². The number of hydrogen-bond acceptors (Lipinski definition) is 4. The van der Waals surface area contributed by atoms with Gasteiger partial charge in [-0.25, -0.2) is 0 Å². The number of fused-ring (bicyclic) bond motifs is 1. The number of aromatic hydroxyl groups is 1. The Kier molecular flexibility index (Phi) is 2.12. The molecule has 1 aliphatic rings. The first-order chi connectivity index (χ1) is 7.52. The Bertz CT molecular complexity index is 508. The fraction of sp³-hybridized carbons (Fsp3) is 0.100. The number of hydrogen-bond donors (Lipinski definition) is 2. The van der Waals surface area contributed by atoms with E-state index in [1.807, 2.05) is 0 Å². The van der Waals surface area contributed by atoms with Crippen LogP contribution in [0.5, 0.6) is 5.75 Å². The molecule has 6 heteroatoms. The molecular weight excluding hydrogens is 214 g/mol. The van der Waals surface area contributed by atoms with E-state index < -0.39 is 24.2 Å². The van der Waals surface area contributed by atoms with Crippen LogP contribution in [0.15, 0.2) is 18.2 Å². The Labute approximate surface area is 89.7 Å². The standard InChI is InChI=1S/C10H7NO5/c12-6-3-1-2-5-8(6)11(4-7(13)14)10(16)9(5)15/h1-3,12H,4H2,(H,13,14). The van der Waals surface area contributed by atoms with Crippen LogP contribution in [-0.2, 0) is 9.59 Å². The van der Waals surface area contributed by atoms with E-state index in [1.165, 1.54) is 18.2 Å². The summed E-state index contributed by atoms with van der Waals surface area (Å²) in [4.78, 5) is 34.2. The SMILES string of the molecule is O=C(O)CN1C(=O)C(=O)c2cccc(O)c21. The monoisotopic (exact) mass is 221 g/mol. The number of para-hydroxylation sites is 1. The van der Waals surface area contributed by atoms with E-state index in [0.29, 0.717) is 0 Å². The molecule has 0 fully saturated rings. The molecule has 0 spiro atoms. The van der Waals surface area contributed by atoms with Gasteiger partial charge in [-0.1, -0.05) is 6.07 Å². The van der Waals surface area contributed by atoms with Crippen LogP contribution in [0.1, 0.15) is 10.4 Å². The van der Waals surface area contributed by atoms with Crippen LogP contribution >= 0.6 is 0 Å². The lowest BCUT2D eigenvalue weighted by atomic mass is 10.1. The summed E-state index contributed by atoms with van der Waals surface area (Å²) in [7, 11) is 0. The molecule has 6 nitrogen and oxygen atoms in total. The highest BCUT2D eigenvalue weighted by molar-refractivity contribution is 6.53. The van der Waals surface area contributed by atoms with Crippen molar-refractivity contribution >= 4 is 23.3 Å². The number of aliphatic carboxylic acids is 1. The maximum atomic E-state index is 11.5. The van der Waals surface area contributed by atoms with Crippen LogP contribution in [0.25, 0.3) is 0 Å². The number of anilines is 1. The molecule has 1 heterocycles. The van der Waals surface area contributed by atoms with E-state index in [-0.39, 0.29) is 17.0 Å². The topological polar surface area (TPSA) is 94.9 Å². The zero-order valence-electron chi connectivity index (χ0n) is 8.01. The highest BCUT2D eigenvalue weighted by Gasteiger charge is 2.38. The van der Waals surface area contributed by atoms with Crippen LogP contribution in [0.4, 0.5) is 5.69 Å². The van der Waals surface area contributed by atoms with Crippen molar-refractivity contribution in [3.63, 3.8) is 0 Å². The Morgan fingerprint density at radius 3 is 2.62 bits per heavy atom. The van der Waals surface area contributed by atoms with Gasteiger partial charge in [0, 0.05) is 0 Å². The summed E-state index contributed by atoms with van der Waals surface area (Å²) in [5.41, 5.74) is 0.00569. The van der Waals surface area contributed by atoms with Gasteiger partial charge in [0.25, 0.3) is 11.7 Å². The van der Waals surface area contributed by atoms with Crippen molar-refractivity contribution in [3.05, 3.63) is 23.8 Å². The van der Waals surface area contributed by atoms with Crippen molar-refractivity contribution in [2.75, 3.05) is 11.4 Å². The summed E-state index contributed by atoms with van der Waals surface area (Å²) < 4.78 is 0. The zero-order valence-corrected chi connectivity index (χ0v) is 8.01. The second-order valence-electron chi connectivity index (χ2n) is 3.29. The number of ketones is 1. The molecule has 0 atom stereocenters. The van der Waals surface area contributed by atoms with Gasteiger partial charge in [-0.3, -0.25) is 19.3 Å². The predicted molar refractivity (Wildman–Crippen MR) is 52.4 cm³/mol. The highest BCUT2D eigenvalue weighted by atomic mass is 16.4. The number of carbonyl (C=O) groups is 3. The second-order valence-corrected chi connectivity index (χ2v) is 3.29. The minimum absolute atomic E-state index is 0.0279. The number of phenols is 1. The largest absolute Gasteiger partial charge is 0.506 e. The Morgan fingerprint density at radius 2 is 2.00 bits per heavy atom. The number of carboxylic acids is 1. The average Bonchev–Trinajstić information content (AvgIpc) is 2.45. The van der Waals surface area contributed by atoms with Crippen molar-refractivity contribution < 1.29 is 24.6 Å². The van der Waals surface area contributed by atoms with Crippen LogP contribution in [-0.4, -0.2) is 34.4 Å². The van der Waals surface area contributed by atoms with Gasteiger partial charge in [0.1, 0.15) is 12.3 Å². The lowest BCUT2D eigenvalue weighted by molar-refractivity contribution is -0.136. The molecule has 2 N–H and O–H groups in total. The Morgan fingerprint density at radius 1 is 1.31 bits per heavy atom. The quantitative estimate of drug-likeness (QED) is 0.685. The number of carboxylic acid groups (broad SMARTS) is 1. The number of amides is 1. The van der Waals surface area contributed by atoms with E-state index in [4.69, 9.17) is 5.11 Å². The van der Waals surface area contributed by atoms with Gasteiger partial charge in [-0.05, 0) is 12.1 Å². The third-order valence-electron chi connectivity index (χ3n) is 2.26. The molecule has 0 bridgehead atoms. The molecule has 16 heavy (non-hydrogen) atoms. The van der Waals surface area contributed by atoms with Gasteiger partial charge in [0.05, 0.1) is 11.3 Å². The summed E-state index contributed by atoms with van der Waals surface area (Å²) in [5, 5.41) is 18.1. The number of rotatable bonds is 2. The van der Waals surface area contributed by atoms with E-state index in [0.717, 1.165) is 4.90 Å². The van der Waals surface area contributed by atoms with E-state index in [1.54, 1.807) is 0 Å². The van der Waals surface area contributed by atoms with Crippen LogP contribution < -0.4 is 4.90 Å². The average molecular weight is 221 g/mol. The lowest BCUT2D eigenvalue weighted by Gasteiger charge is -2.14. The molecule has 1 aromatic carbocycles. The molecule has 0 aliphatic carbocycles. The van der Waals surface area contributed by atoms with Crippen molar-refractivity contribution in [3.8, 4) is 5.75 Å². The van der Waals surface area contributed by atoms with Crippen molar-refractivity contribution in [1.29, 1.82) is 0 Å². The van der Waals surface area contributed by atoms with Crippen molar-refractivity contribution in [2.24, 2.45) is 0 Å². The maximum absolute atomic E-state index is 11.5.